The van der Waals surface area contributed by atoms with Crippen LogP contribution in [0, 0.1) is 41.7 Å². The smallest absolute Gasteiger partial charge is 0.310 e. The molecule has 0 saturated carbocycles. The standard InChI is InChI=1S/C24H44N8O7.C14H19N.C7H7NO3.C4H10.C3H6/c1-13(2)7-16(30-19(34)9-25)23(38)28-11-20(35)29-15(5)24(39)32(6)12-21(36)31-17(8-14(3)4)22(37)27-10-18(26)33;1-5-14(3,4)15-10-11(2)12-8-6-7-9-13(12)15;1-5-2-3-7(9)6(4-5)8(10)11;1-4(2)3;1-3-2/h13-17H,7-12,25H2,1-6H3,(H2,26,33)(H,27,37)(H,28,38)(H,29,35)(H,30,34)(H,31,36);5,7,9-10H,1,6,8H2,2-4H3;2-4,9H,1H3;4H,1-3H3;3H,1H2,2H3. The molecule has 3 unspecified atom stereocenters. The zero-order valence-electron chi connectivity index (χ0n) is 45.3. The van der Waals surface area contributed by atoms with Gasteiger partial charge in [0.15, 0.2) is 5.75 Å². The highest BCUT2D eigenvalue weighted by Crippen LogP contribution is 2.30. The Kier molecular flexibility index (Phi) is 32.2. The summed E-state index contributed by atoms with van der Waals surface area (Å²) in [6, 6.07) is 1.43. The predicted molar refractivity (Wildman–Crippen MR) is 284 cm³/mol. The third kappa shape index (κ3) is 27.5. The van der Waals surface area contributed by atoms with E-state index in [1.807, 2.05) is 40.7 Å². The molecule has 0 radical (unpaired) electrons. The van der Waals surface area contributed by atoms with Crippen molar-refractivity contribution < 1.29 is 43.6 Å². The van der Waals surface area contributed by atoms with Crippen LogP contribution < -0.4 is 38.1 Å². The van der Waals surface area contributed by atoms with Crippen LogP contribution in [0.5, 0.6) is 5.75 Å². The number of aromatic nitrogens is 1. The maximum absolute atomic E-state index is 12.7. The fourth-order valence-electron chi connectivity index (χ4n) is 6.44. The number of nitro groups is 1. The van der Waals surface area contributed by atoms with Gasteiger partial charge in [-0.25, -0.2) is 0 Å². The number of likely N-dealkylation sites (N-methyl/N-ethyl adjacent to an activating group) is 1. The summed E-state index contributed by atoms with van der Waals surface area (Å²) < 4.78 is 2.33. The molecule has 1 aromatic carbocycles. The van der Waals surface area contributed by atoms with Gasteiger partial charge in [-0.2, -0.15) is 0 Å². The van der Waals surface area contributed by atoms with Crippen LogP contribution in [0.4, 0.5) is 5.69 Å². The van der Waals surface area contributed by atoms with E-state index < -0.39 is 77.5 Å². The summed E-state index contributed by atoms with van der Waals surface area (Å²) in [5.41, 5.74) is 15.1. The van der Waals surface area contributed by atoms with E-state index in [0.29, 0.717) is 12.8 Å². The van der Waals surface area contributed by atoms with Crippen molar-refractivity contribution in [3.8, 4) is 5.75 Å². The van der Waals surface area contributed by atoms with Crippen molar-refractivity contribution >= 4 is 53.1 Å². The third-order valence-electron chi connectivity index (χ3n) is 9.92. The molecule has 404 valence electrons. The molecule has 0 aliphatic heterocycles. The number of carbonyl (C=O) groups excluding carboxylic acids is 7. The number of rotatable bonds is 20. The van der Waals surface area contributed by atoms with Crippen molar-refractivity contribution in [1.29, 1.82) is 0 Å². The number of nitrogens with one attached hydrogen (secondary N) is 5. The summed E-state index contributed by atoms with van der Waals surface area (Å²) in [4.78, 5) is 95.5. The van der Waals surface area contributed by atoms with Gasteiger partial charge < -0.3 is 52.6 Å². The molecular weight excluding hydrogens is 925 g/mol. The van der Waals surface area contributed by atoms with E-state index in [4.69, 9.17) is 16.6 Å². The fraction of sp³-hybridized carbons (Fsp3) is 0.558. The van der Waals surface area contributed by atoms with Gasteiger partial charge in [-0.3, -0.25) is 43.7 Å². The Hall–Kier alpha value is -6.83. The number of phenolic OH excluding ortho intramolecular Hbond substituents is 1. The molecule has 7 amide bonds. The zero-order chi connectivity index (χ0) is 56.1. The second-order valence-corrected chi connectivity index (χ2v) is 19.3. The van der Waals surface area contributed by atoms with Gasteiger partial charge in [-0.05, 0) is 114 Å². The number of fused-ring (bicyclic) bond motifs is 1. The van der Waals surface area contributed by atoms with E-state index in [-0.39, 0.29) is 41.9 Å². The molecule has 72 heavy (non-hydrogen) atoms. The molecule has 0 bridgehead atoms. The van der Waals surface area contributed by atoms with Crippen LogP contribution in [-0.4, -0.2) is 112 Å². The summed E-state index contributed by atoms with van der Waals surface area (Å²) in [6.07, 6.45) is 13.5. The number of primary amides is 1. The minimum atomic E-state index is -1.03. The Morgan fingerprint density at radius 3 is 1.82 bits per heavy atom. The lowest BCUT2D eigenvalue weighted by atomic mass is 10.00. The van der Waals surface area contributed by atoms with Crippen LogP contribution in [0.3, 0.4) is 0 Å². The highest BCUT2D eigenvalue weighted by atomic mass is 16.6. The van der Waals surface area contributed by atoms with Gasteiger partial charge in [0.05, 0.1) is 36.6 Å². The highest BCUT2D eigenvalue weighted by Gasteiger charge is 2.27. The topological polar surface area (TPSA) is 303 Å². The number of nitrogens with zero attached hydrogens (tertiary/aromatic N) is 3. The first-order valence-corrected chi connectivity index (χ1v) is 24.1. The Bertz CT molecular complexity index is 2140. The largest absolute Gasteiger partial charge is 0.502 e. The van der Waals surface area contributed by atoms with Crippen molar-refractivity contribution in [2.45, 2.75) is 139 Å². The summed E-state index contributed by atoms with van der Waals surface area (Å²) in [5.74, 6) is -3.57. The van der Waals surface area contributed by atoms with Gasteiger partial charge in [0.2, 0.25) is 41.4 Å². The minimum Gasteiger partial charge on any atom is -0.502 e. The van der Waals surface area contributed by atoms with Gasteiger partial charge in [-0.1, -0.05) is 72.8 Å². The molecule has 1 heterocycles. The van der Waals surface area contributed by atoms with Crippen molar-refractivity contribution in [3.05, 3.63) is 88.3 Å². The highest BCUT2D eigenvalue weighted by molar-refractivity contribution is 5.94. The SMILES string of the molecule is C=CC.C=CC(C)(C)n1cc(C)c2c1C=CCC2.CC(C)C.CC(C)CC(NC(=O)CN)C(=O)NCC(=O)NC(C)C(=O)N(C)CC(=O)NC(CC(C)C)C(=O)NCC(N)=O.Cc1ccc(O)c([N+](=O)[O-])c1. The predicted octanol–water partition coefficient (Wildman–Crippen LogP) is 4.83. The van der Waals surface area contributed by atoms with Gasteiger partial charge in [-0.15, -0.1) is 13.2 Å². The second kappa shape index (κ2) is 34.5. The van der Waals surface area contributed by atoms with E-state index in [1.165, 1.54) is 55.8 Å². The monoisotopic (exact) mass is 1010 g/mol. The number of benzene rings is 1. The van der Waals surface area contributed by atoms with Gasteiger partial charge in [0.1, 0.15) is 18.1 Å². The zero-order valence-corrected chi connectivity index (χ0v) is 45.3. The first-order valence-electron chi connectivity index (χ1n) is 24.1. The molecule has 1 aliphatic rings. The van der Waals surface area contributed by atoms with E-state index >= 15 is 0 Å². The van der Waals surface area contributed by atoms with Crippen molar-refractivity contribution in [3.63, 3.8) is 0 Å². The normalized spacial score (nSPS) is 12.4. The van der Waals surface area contributed by atoms with Crippen LogP contribution in [0.15, 0.2) is 55.8 Å². The molecule has 3 rings (SSSR count). The molecule has 0 saturated heterocycles. The van der Waals surface area contributed by atoms with Crippen LogP contribution in [0.1, 0.15) is 118 Å². The maximum atomic E-state index is 12.7. The molecule has 0 spiro atoms. The van der Waals surface area contributed by atoms with Crippen molar-refractivity contribution in [1.82, 2.24) is 36.1 Å². The van der Waals surface area contributed by atoms with Gasteiger partial charge in [0, 0.05) is 25.0 Å². The molecule has 10 N–H and O–H groups in total. The number of amides is 7. The van der Waals surface area contributed by atoms with Crippen LogP contribution in [0.2, 0.25) is 0 Å². The van der Waals surface area contributed by atoms with Gasteiger partial charge in [0.25, 0.3) is 0 Å². The minimum absolute atomic E-state index is 0.0000231. The number of nitro benzene ring substituents is 1. The van der Waals surface area contributed by atoms with E-state index in [9.17, 15) is 43.7 Å². The molecule has 20 nitrogen and oxygen atoms in total. The molecule has 2 aromatic rings. The Balaban J connectivity index is 0. The number of aromatic hydroxyl groups is 1. The van der Waals surface area contributed by atoms with Crippen molar-refractivity contribution in [2.75, 3.05) is 33.2 Å². The van der Waals surface area contributed by atoms with E-state index in [2.05, 4.69) is 104 Å². The number of phenols is 1. The quantitative estimate of drug-likeness (QED) is 0.0505. The van der Waals surface area contributed by atoms with Crippen molar-refractivity contribution in [2.24, 2.45) is 29.2 Å². The van der Waals surface area contributed by atoms with E-state index in [1.54, 1.807) is 19.1 Å². The van der Waals surface area contributed by atoms with Crippen LogP contribution >= 0.6 is 0 Å². The van der Waals surface area contributed by atoms with Gasteiger partial charge >= 0.3 is 5.69 Å². The maximum Gasteiger partial charge on any atom is 0.310 e. The van der Waals surface area contributed by atoms with Crippen LogP contribution in [-0.2, 0) is 45.5 Å². The Morgan fingerprint density at radius 2 is 1.38 bits per heavy atom. The second-order valence-electron chi connectivity index (χ2n) is 19.3. The number of allylic oxidation sites excluding steroid dienone is 3. The number of carbonyl (C=O) groups is 7. The first-order chi connectivity index (χ1) is 33.4. The molecular formula is C52H86N10O10. The Morgan fingerprint density at radius 1 is 0.875 bits per heavy atom. The molecule has 0 fully saturated rings. The lowest BCUT2D eigenvalue weighted by molar-refractivity contribution is -0.385. The fourth-order valence-corrected chi connectivity index (χ4v) is 6.44. The van der Waals surface area contributed by atoms with Crippen LogP contribution in [0.25, 0.3) is 6.08 Å². The number of hydrogen-bond donors (Lipinski definition) is 8. The molecule has 1 aromatic heterocycles. The first kappa shape index (κ1) is 67.2. The number of hydrogen-bond acceptors (Lipinski definition) is 11. The number of nitrogens with two attached hydrogens (primary N) is 2. The summed E-state index contributed by atoms with van der Waals surface area (Å²) in [5, 5.41) is 31.4. The summed E-state index contributed by atoms with van der Waals surface area (Å²) in [7, 11) is 1.35. The summed E-state index contributed by atoms with van der Waals surface area (Å²) >= 11 is 0. The average molecular weight is 1010 g/mol. The average Bonchev–Trinajstić information content (AvgIpc) is 3.64. The molecule has 20 heteroatoms. The van der Waals surface area contributed by atoms with E-state index in [0.717, 1.165) is 16.4 Å². The molecule has 3 atom stereocenters. The number of aryl methyl sites for hydroxylation is 2. The third-order valence-corrected chi connectivity index (χ3v) is 9.92. The lowest BCUT2D eigenvalue weighted by Gasteiger charge is -2.25. The lowest BCUT2D eigenvalue weighted by Crippen LogP contribution is -2.54. The summed E-state index contributed by atoms with van der Waals surface area (Å²) in [6.45, 7) is 31.4. The Labute approximate surface area is 427 Å². The molecule has 1 aliphatic carbocycles.